The zero-order valence-electron chi connectivity index (χ0n) is 18.0. The Labute approximate surface area is 178 Å². The van der Waals surface area contributed by atoms with Crippen molar-refractivity contribution in [1.82, 2.24) is 5.32 Å². The number of hydrogen-bond donors (Lipinski definition) is 3. The number of amides is 3. The van der Waals surface area contributed by atoms with Crippen molar-refractivity contribution < 1.29 is 14.4 Å². The molecule has 0 aliphatic heterocycles. The van der Waals surface area contributed by atoms with Gasteiger partial charge in [0.25, 0.3) is 0 Å². The van der Waals surface area contributed by atoms with E-state index >= 15 is 0 Å². The van der Waals surface area contributed by atoms with Crippen LogP contribution in [0.25, 0.3) is 0 Å². The predicted molar refractivity (Wildman–Crippen MR) is 117 cm³/mol. The molecule has 0 radical (unpaired) electrons. The molecule has 4 bridgehead atoms. The zero-order chi connectivity index (χ0) is 21.3. The van der Waals surface area contributed by atoms with Gasteiger partial charge in [0, 0.05) is 35.7 Å². The summed E-state index contributed by atoms with van der Waals surface area (Å²) in [5.74, 6) is 2.03. The van der Waals surface area contributed by atoms with Gasteiger partial charge in [-0.1, -0.05) is 19.9 Å². The van der Waals surface area contributed by atoms with Crippen molar-refractivity contribution in [2.24, 2.45) is 29.1 Å². The summed E-state index contributed by atoms with van der Waals surface area (Å²) >= 11 is 0. The molecule has 0 spiro atoms. The lowest BCUT2D eigenvalue weighted by Crippen LogP contribution is -2.53. The lowest BCUT2D eigenvalue weighted by molar-refractivity contribution is -0.146. The van der Waals surface area contributed by atoms with Crippen LogP contribution in [0.1, 0.15) is 58.8 Å². The van der Waals surface area contributed by atoms with Gasteiger partial charge in [0.15, 0.2) is 0 Å². The Morgan fingerprint density at radius 1 is 0.967 bits per heavy atom. The van der Waals surface area contributed by atoms with Crippen molar-refractivity contribution in [3.63, 3.8) is 0 Å². The molecule has 4 aliphatic rings. The van der Waals surface area contributed by atoms with Gasteiger partial charge in [-0.2, -0.15) is 0 Å². The van der Waals surface area contributed by atoms with Gasteiger partial charge in [-0.3, -0.25) is 14.4 Å². The number of benzene rings is 1. The van der Waals surface area contributed by atoms with Crippen LogP contribution in [0.15, 0.2) is 24.3 Å². The molecule has 162 valence electrons. The lowest BCUT2D eigenvalue weighted by atomic mass is 9.49. The van der Waals surface area contributed by atoms with E-state index in [0.717, 1.165) is 37.0 Å². The second-order valence-electron chi connectivity index (χ2n) is 9.98. The van der Waals surface area contributed by atoms with E-state index in [9.17, 15) is 14.4 Å². The Morgan fingerprint density at radius 2 is 1.53 bits per heavy atom. The van der Waals surface area contributed by atoms with E-state index in [0.29, 0.717) is 17.9 Å². The van der Waals surface area contributed by atoms with Gasteiger partial charge >= 0.3 is 0 Å². The molecule has 1 aromatic rings. The Hall–Kier alpha value is -2.37. The van der Waals surface area contributed by atoms with Gasteiger partial charge in [0.2, 0.25) is 17.7 Å². The first-order valence-electron chi connectivity index (χ1n) is 11.3. The van der Waals surface area contributed by atoms with Crippen LogP contribution in [0.5, 0.6) is 0 Å². The number of rotatable bonds is 7. The summed E-state index contributed by atoms with van der Waals surface area (Å²) in [5.41, 5.74) is 1.12. The predicted octanol–water partition coefficient (Wildman–Crippen LogP) is 3.94. The van der Waals surface area contributed by atoms with Crippen molar-refractivity contribution in [1.29, 1.82) is 0 Å². The maximum atomic E-state index is 13.0. The van der Waals surface area contributed by atoms with Crippen molar-refractivity contribution in [3.05, 3.63) is 24.3 Å². The molecule has 6 heteroatoms. The second kappa shape index (κ2) is 8.40. The highest BCUT2D eigenvalue weighted by Gasteiger charge is 2.54. The molecule has 0 heterocycles. The lowest BCUT2D eigenvalue weighted by Gasteiger charge is -2.55. The molecular formula is C24H33N3O3. The average Bonchev–Trinajstić information content (AvgIpc) is 2.67. The third kappa shape index (κ3) is 4.52. The molecule has 0 unspecified atom stereocenters. The quantitative estimate of drug-likeness (QED) is 0.635. The van der Waals surface area contributed by atoms with E-state index in [4.69, 9.17) is 0 Å². The van der Waals surface area contributed by atoms with Gasteiger partial charge in [-0.25, -0.2) is 0 Å². The third-order valence-electron chi connectivity index (χ3n) is 7.10. The summed E-state index contributed by atoms with van der Waals surface area (Å²) in [4.78, 5) is 37.1. The van der Waals surface area contributed by atoms with Crippen LogP contribution in [0.3, 0.4) is 0 Å². The standard InChI is InChI=1S/C24H33N3O3/c1-15(2)22(29)27-20-5-3-4-19(11-20)26-21(28)6-7-25-23(30)24-12-16-8-17(13-24)10-18(9-16)14-24/h3-5,11,15-18H,6-10,12-14H2,1-2H3,(H,25,30)(H,26,28)(H,27,29). The van der Waals surface area contributed by atoms with Gasteiger partial charge in [0.05, 0.1) is 0 Å². The van der Waals surface area contributed by atoms with E-state index in [1.165, 1.54) is 19.3 Å². The van der Waals surface area contributed by atoms with Gasteiger partial charge in [-0.05, 0) is 74.5 Å². The molecule has 4 fully saturated rings. The fourth-order valence-electron chi connectivity index (χ4n) is 6.05. The highest BCUT2D eigenvalue weighted by Crippen LogP contribution is 2.60. The maximum absolute atomic E-state index is 13.0. The van der Waals surface area contributed by atoms with E-state index in [1.807, 2.05) is 13.8 Å². The summed E-state index contributed by atoms with van der Waals surface area (Å²) in [5, 5.41) is 8.73. The number of carbonyl (C=O) groups is 3. The van der Waals surface area contributed by atoms with Gasteiger partial charge < -0.3 is 16.0 Å². The summed E-state index contributed by atoms with van der Waals surface area (Å²) in [6, 6.07) is 7.12. The minimum Gasteiger partial charge on any atom is -0.355 e. The third-order valence-corrected chi connectivity index (χ3v) is 7.10. The van der Waals surface area contributed by atoms with Crippen LogP contribution in [0, 0.1) is 29.1 Å². The summed E-state index contributed by atoms with van der Waals surface area (Å²) < 4.78 is 0. The molecule has 4 saturated carbocycles. The van der Waals surface area contributed by atoms with E-state index in [-0.39, 0.29) is 35.5 Å². The molecule has 5 rings (SSSR count). The summed E-state index contributed by atoms with van der Waals surface area (Å²) in [6.07, 6.45) is 7.27. The summed E-state index contributed by atoms with van der Waals surface area (Å²) in [6.45, 7) is 4.02. The van der Waals surface area contributed by atoms with Crippen LogP contribution in [0.4, 0.5) is 11.4 Å². The minimum atomic E-state index is -0.172. The Morgan fingerprint density at radius 3 is 2.10 bits per heavy atom. The topological polar surface area (TPSA) is 87.3 Å². The van der Waals surface area contributed by atoms with E-state index in [2.05, 4.69) is 16.0 Å². The van der Waals surface area contributed by atoms with Crippen molar-refractivity contribution in [2.75, 3.05) is 17.2 Å². The first-order valence-corrected chi connectivity index (χ1v) is 11.3. The van der Waals surface area contributed by atoms with Crippen molar-refractivity contribution in [2.45, 2.75) is 58.8 Å². The van der Waals surface area contributed by atoms with E-state index in [1.54, 1.807) is 24.3 Å². The van der Waals surface area contributed by atoms with E-state index < -0.39 is 0 Å². The van der Waals surface area contributed by atoms with Crippen LogP contribution in [0.2, 0.25) is 0 Å². The monoisotopic (exact) mass is 411 g/mol. The van der Waals surface area contributed by atoms with Crippen LogP contribution >= 0.6 is 0 Å². The molecule has 4 aliphatic carbocycles. The molecular weight excluding hydrogens is 378 g/mol. The first kappa shape index (κ1) is 20.9. The zero-order valence-corrected chi connectivity index (χ0v) is 18.0. The minimum absolute atomic E-state index is 0.0640. The van der Waals surface area contributed by atoms with Crippen LogP contribution < -0.4 is 16.0 Å². The molecule has 0 aromatic heterocycles. The average molecular weight is 412 g/mol. The largest absolute Gasteiger partial charge is 0.355 e. The smallest absolute Gasteiger partial charge is 0.226 e. The van der Waals surface area contributed by atoms with Gasteiger partial charge in [-0.15, -0.1) is 0 Å². The molecule has 3 amide bonds. The molecule has 6 nitrogen and oxygen atoms in total. The Kier molecular flexibility index (Phi) is 5.85. The highest BCUT2D eigenvalue weighted by molar-refractivity contribution is 5.95. The Bertz CT molecular complexity index is 797. The normalized spacial score (nSPS) is 29.0. The molecule has 30 heavy (non-hydrogen) atoms. The van der Waals surface area contributed by atoms with Crippen LogP contribution in [-0.2, 0) is 14.4 Å². The maximum Gasteiger partial charge on any atom is 0.226 e. The molecule has 0 atom stereocenters. The van der Waals surface area contributed by atoms with Crippen LogP contribution in [-0.4, -0.2) is 24.3 Å². The van der Waals surface area contributed by atoms with Crippen molar-refractivity contribution in [3.8, 4) is 0 Å². The first-order chi connectivity index (χ1) is 14.3. The second-order valence-corrected chi connectivity index (χ2v) is 9.98. The molecule has 1 aromatic carbocycles. The SMILES string of the molecule is CC(C)C(=O)Nc1cccc(NC(=O)CCNC(=O)C23CC4CC(CC(C4)C2)C3)c1. The fraction of sp³-hybridized carbons (Fsp3) is 0.625. The number of hydrogen-bond acceptors (Lipinski definition) is 3. The van der Waals surface area contributed by atoms with Gasteiger partial charge in [0.1, 0.15) is 0 Å². The highest BCUT2D eigenvalue weighted by atomic mass is 16.2. The Balaban J connectivity index is 1.25. The molecule has 0 saturated heterocycles. The molecule has 3 N–H and O–H groups in total. The summed E-state index contributed by atoms with van der Waals surface area (Å²) in [7, 11) is 0. The number of anilines is 2. The number of nitrogens with one attached hydrogen (secondary N) is 3. The van der Waals surface area contributed by atoms with Crippen molar-refractivity contribution >= 4 is 29.1 Å². The number of carbonyl (C=O) groups excluding carboxylic acids is 3. The fourth-order valence-corrected chi connectivity index (χ4v) is 6.05.